The third-order valence-corrected chi connectivity index (χ3v) is 3.24. The van der Waals surface area contributed by atoms with Gasteiger partial charge < -0.3 is 19.1 Å². The van der Waals surface area contributed by atoms with Gasteiger partial charge in [0.1, 0.15) is 30.8 Å². The van der Waals surface area contributed by atoms with Gasteiger partial charge in [0.05, 0.1) is 6.54 Å². The molecule has 2 aromatic rings. The van der Waals surface area contributed by atoms with Crippen LogP contribution < -0.4 is 15.0 Å². The molecule has 0 aliphatic carbocycles. The van der Waals surface area contributed by atoms with Crippen LogP contribution in [0.4, 0.5) is 0 Å². The lowest BCUT2D eigenvalue weighted by molar-refractivity contribution is 0.140. The Morgan fingerprint density at radius 1 is 1.35 bits per heavy atom. The predicted molar refractivity (Wildman–Crippen MR) is 73.1 cm³/mol. The lowest BCUT2D eigenvalue weighted by Crippen LogP contribution is -2.21. The Morgan fingerprint density at radius 2 is 2.25 bits per heavy atom. The first-order chi connectivity index (χ1) is 9.74. The lowest BCUT2D eigenvalue weighted by atomic mass is 10.1. The van der Waals surface area contributed by atoms with E-state index in [9.17, 15) is 9.90 Å². The number of hydrogen-bond donors (Lipinski definition) is 1. The summed E-state index contributed by atoms with van der Waals surface area (Å²) in [4.78, 5) is 11.5. The van der Waals surface area contributed by atoms with E-state index in [1.165, 1.54) is 6.07 Å². The highest BCUT2D eigenvalue weighted by Crippen LogP contribution is 2.34. The van der Waals surface area contributed by atoms with Gasteiger partial charge in [0, 0.05) is 23.9 Å². The minimum absolute atomic E-state index is 0.0449. The Morgan fingerprint density at radius 3 is 3.10 bits per heavy atom. The van der Waals surface area contributed by atoms with E-state index in [1.807, 2.05) is 6.07 Å². The van der Waals surface area contributed by atoms with Crippen LogP contribution in [0.2, 0.25) is 0 Å². The molecule has 1 aliphatic rings. The van der Waals surface area contributed by atoms with Crippen molar-refractivity contribution in [1.29, 1.82) is 0 Å². The van der Waals surface area contributed by atoms with Crippen LogP contribution in [0.25, 0.3) is 0 Å². The van der Waals surface area contributed by atoms with Crippen LogP contribution >= 0.6 is 0 Å². The van der Waals surface area contributed by atoms with Crippen LogP contribution in [-0.4, -0.2) is 22.9 Å². The summed E-state index contributed by atoms with van der Waals surface area (Å²) in [5.74, 6) is 1.33. The van der Waals surface area contributed by atoms with Crippen LogP contribution in [0.5, 0.6) is 11.5 Å². The highest BCUT2D eigenvalue weighted by atomic mass is 16.5. The number of ether oxygens (including phenoxy) is 2. The summed E-state index contributed by atoms with van der Waals surface area (Å²) in [5, 5.41) is 9.62. The maximum absolute atomic E-state index is 11.5. The van der Waals surface area contributed by atoms with Gasteiger partial charge in [-0.1, -0.05) is 6.07 Å². The van der Waals surface area contributed by atoms with E-state index in [4.69, 9.17) is 9.47 Å². The SMILES string of the molecule is O=c1ccccn1CCOc1ccc2c(c1)OCC2O. The number of aromatic nitrogens is 1. The molecule has 104 valence electrons. The van der Waals surface area contributed by atoms with Gasteiger partial charge in [0.25, 0.3) is 5.56 Å². The van der Waals surface area contributed by atoms with E-state index in [1.54, 1.807) is 35.0 Å². The first kappa shape index (κ1) is 12.7. The van der Waals surface area contributed by atoms with E-state index < -0.39 is 6.10 Å². The Hall–Kier alpha value is -2.27. The maximum atomic E-state index is 11.5. The summed E-state index contributed by atoms with van der Waals surface area (Å²) in [6.07, 6.45) is 1.18. The zero-order chi connectivity index (χ0) is 13.9. The summed E-state index contributed by atoms with van der Waals surface area (Å²) in [7, 11) is 0. The number of nitrogens with zero attached hydrogens (tertiary/aromatic N) is 1. The minimum Gasteiger partial charge on any atom is -0.492 e. The Kier molecular flexibility index (Phi) is 3.43. The highest BCUT2D eigenvalue weighted by Gasteiger charge is 2.21. The van der Waals surface area contributed by atoms with Crippen LogP contribution in [0.1, 0.15) is 11.7 Å². The third kappa shape index (κ3) is 2.53. The molecule has 0 radical (unpaired) electrons. The highest BCUT2D eigenvalue weighted by molar-refractivity contribution is 5.44. The van der Waals surface area contributed by atoms with Crippen molar-refractivity contribution < 1.29 is 14.6 Å². The second kappa shape index (κ2) is 5.38. The molecule has 0 saturated carbocycles. The summed E-state index contributed by atoms with van der Waals surface area (Å²) >= 11 is 0. The number of benzene rings is 1. The Labute approximate surface area is 116 Å². The molecular weight excluding hydrogens is 258 g/mol. The monoisotopic (exact) mass is 273 g/mol. The number of aliphatic hydroxyl groups is 1. The molecule has 1 aromatic carbocycles. The van der Waals surface area contributed by atoms with Crippen molar-refractivity contribution in [3.8, 4) is 11.5 Å². The summed E-state index contributed by atoms with van der Waals surface area (Å²) in [6.45, 7) is 1.17. The predicted octanol–water partition coefficient (Wildman–Crippen LogP) is 1.35. The molecule has 0 amide bonds. The van der Waals surface area contributed by atoms with E-state index in [2.05, 4.69) is 0 Å². The zero-order valence-electron chi connectivity index (χ0n) is 10.9. The first-order valence-electron chi connectivity index (χ1n) is 6.47. The number of rotatable bonds is 4. The van der Waals surface area contributed by atoms with E-state index in [0.717, 1.165) is 5.56 Å². The number of fused-ring (bicyclic) bond motifs is 1. The number of pyridine rings is 1. The molecule has 1 atom stereocenters. The maximum Gasteiger partial charge on any atom is 0.250 e. The zero-order valence-corrected chi connectivity index (χ0v) is 10.9. The van der Waals surface area contributed by atoms with Gasteiger partial charge in [-0.3, -0.25) is 4.79 Å². The smallest absolute Gasteiger partial charge is 0.250 e. The quantitative estimate of drug-likeness (QED) is 0.913. The Balaban J connectivity index is 1.62. The largest absolute Gasteiger partial charge is 0.492 e. The molecule has 5 nitrogen and oxygen atoms in total. The van der Waals surface area contributed by atoms with Gasteiger partial charge in [0.2, 0.25) is 0 Å². The molecule has 2 heterocycles. The van der Waals surface area contributed by atoms with Crippen molar-refractivity contribution in [1.82, 2.24) is 4.57 Å². The number of aliphatic hydroxyl groups excluding tert-OH is 1. The van der Waals surface area contributed by atoms with Crippen molar-refractivity contribution in [2.75, 3.05) is 13.2 Å². The topological polar surface area (TPSA) is 60.7 Å². The molecule has 1 N–H and O–H groups in total. The second-order valence-corrected chi connectivity index (χ2v) is 4.61. The molecule has 0 fully saturated rings. The average molecular weight is 273 g/mol. The molecule has 0 saturated heterocycles. The van der Waals surface area contributed by atoms with Crippen molar-refractivity contribution in [3.05, 3.63) is 58.5 Å². The van der Waals surface area contributed by atoms with Crippen LogP contribution in [0, 0.1) is 0 Å². The van der Waals surface area contributed by atoms with Gasteiger partial charge in [-0.15, -0.1) is 0 Å². The van der Waals surface area contributed by atoms with E-state index >= 15 is 0 Å². The van der Waals surface area contributed by atoms with Crippen LogP contribution in [0.15, 0.2) is 47.4 Å². The molecule has 0 bridgehead atoms. The van der Waals surface area contributed by atoms with Crippen LogP contribution in [-0.2, 0) is 6.54 Å². The van der Waals surface area contributed by atoms with Gasteiger partial charge in [-0.2, -0.15) is 0 Å². The normalized spacial score (nSPS) is 16.6. The molecule has 1 aromatic heterocycles. The van der Waals surface area contributed by atoms with E-state index in [-0.39, 0.29) is 12.2 Å². The molecule has 20 heavy (non-hydrogen) atoms. The second-order valence-electron chi connectivity index (χ2n) is 4.61. The molecule has 1 aliphatic heterocycles. The van der Waals surface area contributed by atoms with Gasteiger partial charge in [-0.05, 0) is 18.2 Å². The van der Waals surface area contributed by atoms with E-state index in [0.29, 0.717) is 24.7 Å². The van der Waals surface area contributed by atoms with Crippen molar-refractivity contribution in [3.63, 3.8) is 0 Å². The minimum atomic E-state index is -0.554. The summed E-state index contributed by atoms with van der Waals surface area (Å²) < 4.78 is 12.5. The molecular formula is C15H15NO4. The van der Waals surface area contributed by atoms with Crippen molar-refractivity contribution >= 4 is 0 Å². The molecule has 0 spiro atoms. The molecule has 3 rings (SSSR count). The summed E-state index contributed by atoms with van der Waals surface area (Å²) in [5.41, 5.74) is 0.744. The number of hydrogen-bond acceptors (Lipinski definition) is 4. The lowest BCUT2D eigenvalue weighted by Gasteiger charge is -2.09. The van der Waals surface area contributed by atoms with Gasteiger partial charge in [-0.25, -0.2) is 0 Å². The van der Waals surface area contributed by atoms with Gasteiger partial charge >= 0.3 is 0 Å². The third-order valence-electron chi connectivity index (χ3n) is 3.24. The fourth-order valence-electron chi connectivity index (χ4n) is 2.17. The van der Waals surface area contributed by atoms with Crippen molar-refractivity contribution in [2.45, 2.75) is 12.6 Å². The Bertz CT molecular complexity index is 665. The molecule has 1 unspecified atom stereocenters. The average Bonchev–Trinajstić information content (AvgIpc) is 2.82. The fourth-order valence-corrected chi connectivity index (χ4v) is 2.17. The summed E-state index contributed by atoms with van der Waals surface area (Å²) in [6, 6.07) is 10.4. The standard InChI is InChI=1S/C15H15NO4/c17-13-10-20-14-9-11(4-5-12(13)14)19-8-7-16-6-2-1-3-15(16)18/h1-6,9,13,17H,7-8,10H2. The van der Waals surface area contributed by atoms with Gasteiger partial charge in [0.15, 0.2) is 0 Å². The fraction of sp³-hybridized carbons (Fsp3) is 0.267. The van der Waals surface area contributed by atoms with Crippen LogP contribution in [0.3, 0.4) is 0 Å². The van der Waals surface area contributed by atoms with Crippen molar-refractivity contribution in [2.24, 2.45) is 0 Å². The molecule has 5 heteroatoms. The first-order valence-corrected chi connectivity index (χ1v) is 6.47.